The molecule has 0 aliphatic heterocycles. The molecule has 0 bridgehead atoms. The molecule has 0 fully saturated rings. The number of anilines is 1. The van der Waals surface area contributed by atoms with Crippen LogP contribution in [0.15, 0.2) is 30.6 Å². The van der Waals surface area contributed by atoms with Crippen molar-refractivity contribution in [1.82, 2.24) is 4.98 Å². The van der Waals surface area contributed by atoms with Gasteiger partial charge in [-0.25, -0.2) is 0 Å². The van der Waals surface area contributed by atoms with Gasteiger partial charge in [-0.1, -0.05) is 20.8 Å². The first kappa shape index (κ1) is 14.2. The number of fused-ring (bicyclic) bond motifs is 1. The molecule has 1 unspecified atom stereocenters. The first-order valence-electron chi connectivity index (χ1n) is 6.58. The van der Waals surface area contributed by atoms with Gasteiger partial charge in [0.15, 0.2) is 0 Å². The van der Waals surface area contributed by atoms with Crippen LogP contribution in [0.25, 0.3) is 10.8 Å². The maximum Gasteiger partial charge on any atom is 0.278 e. The van der Waals surface area contributed by atoms with Gasteiger partial charge in [-0.3, -0.25) is 15.1 Å². The second-order valence-corrected chi connectivity index (χ2v) is 6.04. The molecule has 0 saturated heterocycles. The zero-order valence-electron chi connectivity index (χ0n) is 12.2. The van der Waals surface area contributed by atoms with Gasteiger partial charge in [-0.05, 0) is 24.5 Å². The molecule has 1 N–H and O–H groups in total. The Kier molecular flexibility index (Phi) is 3.61. The van der Waals surface area contributed by atoms with Crippen LogP contribution < -0.4 is 5.32 Å². The number of hydrogen-bond acceptors (Lipinski definition) is 4. The van der Waals surface area contributed by atoms with Crippen molar-refractivity contribution in [3.8, 4) is 0 Å². The molecule has 5 heteroatoms. The summed E-state index contributed by atoms with van der Waals surface area (Å²) in [6, 6.07) is 5.34. The molecule has 1 aromatic heterocycles. The summed E-state index contributed by atoms with van der Waals surface area (Å²) in [5, 5.41) is 15.9. The van der Waals surface area contributed by atoms with E-state index < -0.39 is 0 Å². The Hall–Kier alpha value is -2.17. The van der Waals surface area contributed by atoms with Gasteiger partial charge in [0.2, 0.25) is 0 Å². The fourth-order valence-corrected chi connectivity index (χ4v) is 1.91. The summed E-state index contributed by atoms with van der Waals surface area (Å²) in [5.74, 6) is 0. The smallest absolute Gasteiger partial charge is 0.278 e. The second-order valence-electron chi connectivity index (χ2n) is 6.04. The molecule has 1 aromatic carbocycles. The van der Waals surface area contributed by atoms with E-state index in [4.69, 9.17) is 0 Å². The average molecular weight is 273 g/mol. The van der Waals surface area contributed by atoms with Gasteiger partial charge in [0, 0.05) is 35.6 Å². The lowest BCUT2D eigenvalue weighted by molar-refractivity contribution is -0.383. The second kappa shape index (κ2) is 5.07. The third kappa shape index (κ3) is 2.71. The largest absolute Gasteiger partial charge is 0.382 e. The lowest BCUT2D eigenvalue weighted by atomic mass is 9.88. The number of non-ortho nitro benzene ring substituents is 1. The van der Waals surface area contributed by atoms with E-state index in [0.29, 0.717) is 5.39 Å². The predicted octanol–water partition coefficient (Wildman–Crippen LogP) is 3.99. The van der Waals surface area contributed by atoms with E-state index in [1.54, 1.807) is 24.5 Å². The van der Waals surface area contributed by atoms with Gasteiger partial charge in [0.1, 0.15) is 0 Å². The predicted molar refractivity (Wildman–Crippen MR) is 80.9 cm³/mol. The van der Waals surface area contributed by atoms with Crippen LogP contribution in [-0.4, -0.2) is 15.9 Å². The number of nitrogens with one attached hydrogen (secondary N) is 1. The third-order valence-electron chi connectivity index (χ3n) is 3.66. The summed E-state index contributed by atoms with van der Waals surface area (Å²) < 4.78 is 0. The van der Waals surface area contributed by atoms with Crippen LogP contribution in [0.5, 0.6) is 0 Å². The number of aromatic nitrogens is 1. The summed E-state index contributed by atoms with van der Waals surface area (Å²) in [6.07, 6.45) is 3.19. The van der Waals surface area contributed by atoms with E-state index in [9.17, 15) is 10.1 Å². The van der Waals surface area contributed by atoms with E-state index in [-0.39, 0.29) is 22.1 Å². The quantitative estimate of drug-likeness (QED) is 0.678. The molecule has 1 atom stereocenters. The fourth-order valence-electron chi connectivity index (χ4n) is 1.91. The van der Waals surface area contributed by atoms with Crippen LogP contribution >= 0.6 is 0 Å². The number of rotatable bonds is 3. The number of nitro benzene ring substituents is 1. The summed E-state index contributed by atoms with van der Waals surface area (Å²) in [7, 11) is 0. The van der Waals surface area contributed by atoms with Crippen LogP contribution in [0.3, 0.4) is 0 Å². The Morgan fingerprint density at radius 3 is 2.55 bits per heavy atom. The molecule has 0 aliphatic rings. The molecule has 0 radical (unpaired) electrons. The summed E-state index contributed by atoms with van der Waals surface area (Å²) in [5.41, 5.74) is 1.08. The molecule has 20 heavy (non-hydrogen) atoms. The average Bonchev–Trinajstić information content (AvgIpc) is 2.37. The first-order valence-corrected chi connectivity index (χ1v) is 6.58. The molecule has 0 spiro atoms. The fraction of sp³-hybridized carbons (Fsp3) is 0.400. The molecular formula is C15H19N3O2. The van der Waals surface area contributed by atoms with Crippen molar-refractivity contribution in [2.75, 3.05) is 5.32 Å². The number of nitrogens with zero attached hydrogens (tertiary/aromatic N) is 2. The summed E-state index contributed by atoms with van der Waals surface area (Å²) >= 11 is 0. The number of pyridine rings is 1. The lowest BCUT2D eigenvalue weighted by Crippen LogP contribution is -2.30. The Labute approximate surface area is 118 Å². The van der Waals surface area contributed by atoms with E-state index in [1.807, 2.05) is 0 Å². The van der Waals surface area contributed by atoms with Crippen LogP contribution in [0.1, 0.15) is 27.7 Å². The highest BCUT2D eigenvalue weighted by molar-refractivity contribution is 5.99. The molecule has 106 valence electrons. The molecule has 2 aromatic rings. The maximum atomic E-state index is 11.1. The Morgan fingerprint density at radius 1 is 1.25 bits per heavy atom. The SMILES string of the molecule is CC(Nc1ccc([N+](=O)[O-])c2cnccc12)C(C)(C)C. The van der Waals surface area contributed by atoms with Gasteiger partial charge in [0.05, 0.1) is 10.3 Å². The highest BCUT2D eigenvalue weighted by Gasteiger charge is 2.21. The molecular weight excluding hydrogens is 254 g/mol. The van der Waals surface area contributed by atoms with E-state index in [1.165, 1.54) is 6.07 Å². The normalized spacial score (nSPS) is 13.2. The van der Waals surface area contributed by atoms with E-state index >= 15 is 0 Å². The first-order chi connectivity index (χ1) is 9.30. The van der Waals surface area contributed by atoms with E-state index in [2.05, 4.69) is 38.0 Å². The topological polar surface area (TPSA) is 68.1 Å². The van der Waals surface area contributed by atoms with E-state index in [0.717, 1.165) is 11.1 Å². The number of nitro groups is 1. The molecule has 2 rings (SSSR count). The van der Waals surface area contributed by atoms with Crippen LogP contribution in [0.4, 0.5) is 11.4 Å². The van der Waals surface area contributed by atoms with Gasteiger partial charge in [0.25, 0.3) is 5.69 Å². The van der Waals surface area contributed by atoms with Crippen molar-refractivity contribution in [3.63, 3.8) is 0 Å². The molecule has 0 saturated carbocycles. The molecule has 0 amide bonds. The zero-order chi connectivity index (χ0) is 14.9. The minimum absolute atomic E-state index is 0.0852. The minimum Gasteiger partial charge on any atom is -0.382 e. The highest BCUT2D eigenvalue weighted by Crippen LogP contribution is 2.32. The van der Waals surface area contributed by atoms with Gasteiger partial charge < -0.3 is 5.32 Å². The standard InChI is InChI=1S/C15H19N3O2/c1-10(15(2,3)4)17-13-5-6-14(18(19)20)12-9-16-8-7-11(12)13/h5-10,17H,1-4H3. The highest BCUT2D eigenvalue weighted by atomic mass is 16.6. The van der Waals surface area contributed by atoms with Crippen molar-refractivity contribution in [2.45, 2.75) is 33.7 Å². The monoisotopic (exact) mass is 273 g/mol. The van der Waals surface area contributed by atoms with Crippen LogP contribution in [0.2, 0.25) is 0 Å². The molecule has 0 aliphatic carbocycles. The van der Waals surface area contributed by atoms with Crippen LogP contribution in [0, 0.1) is 15.5 Å². The lowest BCUT2D eigenvalue weighted by Gasteiger charge is -2.29. The zero-order valence-corrected chi connectivity index (χ0v) is 12.2. The van der Waals surface area contributed by atoms with Gasteiger partial charge in [-0.2, -0.15) is 0 Å². The van der Waals surface area contributed by atoms with Gasteiger partial charge >= 0.3 is 0 Å². The van der Waals surface area contributed by atoms with Gasteiger partial charge in [-0.15, -0.1) is 0 Å². The van der Waals surface area contributed by atoms with Crippen molar-refractivity contribution in [2.24, 2.45) is 5.41 Å². The van der Waals surface area contributed by atoms with Crippen molar-refractivity contribution < 1.29 is 4.92 Å². The minimum atomic E-state index is -0.374. The third-order valence-corrected chi connectivity index (χ3v) is 3.66. The van der Waals surface area contributed by atoms with Crippen LogP contribution in [-0.2, 0) is 0 Å². The van der Waals surface area contributed by atoms with Crippen molar-refractivity contribution in [3.05, 3.63) is 40.7 Å². The maximum absolute atomic E-state index is 11.1. The Morgan fingerprint density at radius 2 is 1.95 bits per heavy atom. The molecule has 5 nitrogen and oxygen atoms in total. The Balaban J connectivity index is 2.51. The number of benzene rings is 1. The van der Waals surface area contributed by atoms with Crippen molar-refractivity contribution in [1.29, 1.82) is 0 Å². The molecule has 1 heterocycles. The Bertz CT molecular complexity index is 647. The summed E-state index contributed by atoms with van der Waals surface area (Å²) in [6.45, 7) is 8.56. The number of hydrogen-bond donors (Lipinski definition) is 1. The van der Waals surface area contributed by atoms with Crippen molar-refractivity contribution >= 4 is 22.1 Å². The summed E-state index contributed by atoms with van der Waals surface area (Å²) in [4.78, 5) is 14.7.